The molecule has 30 heavy (non-hydrogen) atoms. The van der Waals surface area contributed by atoms with Crippen molar-refractivity contribution in [2.75, 3.05) is 12.4 Å². The molecule has 1 N–H and O–H groups in total. The van der Waals surface area contributed by atoms with Gasteiger partial charge in [0.25, 0.3) is 0 Å². The molecular weight excluding hydrogens is 400 g/mol. The number of nitrogens with one attached hydrogen (secondary N) is 1. The summed E-state index contributed by atoms with van der Waals surface area (Å²) in [7, 11) is -2.28. The summed E-state index contributed by atoms with van der Waals surface area (Å²) < 4.78 is 33.2. The van der Waals surface area contributed by atoms with Crippen molar-refractivity contribution in [2.45, 2.75) is 23.9 Å². The summed E-state index contributed by atoms with van der Waals surface area (Å²) >= 11 is 0. The second-order valence-corrected chi connectivity index (χ2v) is 8.96. The number of amides is 1. The molecule has 0 fully saturated rings. The Balaban J connectivity index is 1.68. The summed E-state index contributed by atoms with van der Waals surface area (Å²) in [6, 6.07) is 21.9. The van der Waals surface area contributed by atoms with Gasteiger partial charge in [0.15, 0.2) is 0 Å². The molecule has 0 aromatic heterocycles. The molecule has 0 aliphatic carbocycles. The highest BCUT2D eigenvalue weighted by atomic mass is 32.2. The van der Waals surface area contributed by atoms with Crippen molar-refractivity contribution in [1.82, 2.24) is 4.31 Å². The quantitative estimate of drug-likeness (QED) is 0.683. The van der Waals surface area contributed by atoms with Crippen LogP contribution in [-0.4, -0.2) is 31.8 Å². The first-order valence-corrected chi connectivity index (χ1v) is 11.0. The molecule has 1 amide bonds. The van der Waals surface area contributed by atoms with Crippen LogP contribution in [0.2, 0.25) is 0 Å². The first-order chi connectivity index (χ1) is 14.5. The van der Waals surface area contributed by atoms with E-state index < -0.39 is 16.1 Å². The minimum Gasteiger partial charge on any atom is -0.497 e. The van der Waals surface area contributed by atoms with Gasteiger partial charge in [-0.1, -0.05) is 42.5 Å². The zero-order valence-corrected chi connectivity index (χ0v) is 17.3. The Kier molecular flexibility index (Phi) is 5.57. The van der Waals surface area contributed by atoms with Crippen LogP contribution in [0.3, 0.4) is 0 Å². The van der Waals surface area contributed by atoms with Crippen molar-refractivity contribution < 1.29 is 17.9 Å². The fraction of sp³-hybridized carbons (Fsp3) is 0.174. The Morgan fingerprint density at radius 1 is 0.933 bits per heavy atom. The number of hydrogen-bond acceptors (Lipinski definition) is 4. The standard InChI is InChI=1S/C23H22N2O4S/c1-29-20-13-11-19(12-14-20)24-23(26)22-15-17-7-5-6-8-18(17)16-25(22)30(27,28)21-9-3-2-4-10-21/h2-14,22H,15-16H2,1H3,(H,24,26)/t22-/m0/s1. The van der Waals surface area contributed by atoms with E-state index in [2.05, 4.69) is 5.32 Å². The molecule has 0 radical (unpaired) electrons. The van der Waals surface area contributed by atoms with Gasteiger partial charge in [0, 0.05) is 12.2 Å². The van der Waals surface area contributed by atoms with Crippen LogP contribution in [0.1, 0.15) is 11.1 Å². The molecule has 0 unspecified atom stereocenters. The Labute approximate surface area is 176 Å². The summed E-state index contributed by atoms with van der Waals surface area (Å²) in [5, 5.41) is 2.85. The van der Waals surface area contributed by atoms with Crippen LogP contribution in [0.4, 0.5) is 5.69 Å². The van der Waals surface area contributed by atoms with Gasteiger partial charge in [-0.15, -0.1) is 0 Å². The number of methoxy groups -OCH3 is 1. The van der Waals surface area contributed by atoms with E-state index in [1.165, 1.54) is 4.31 Å². The fourth-order valence-corrected chi connectivity index (χ4v) is 5.19. The highest BCUT2D eigenvalue weighted by Crippen LogP contribution is 2.30. The molecule has 0 bridgehead atoms. The van der Waals surface area contributed by atoms with Crippen LogP contribution in [0, 0.1) is 0 Å². The number of carbonyl (C=O) groups is 1. The largest absolute Gasteiger partial charge is 0.497 e. The maximum Gasteiger partial charge on any atom is 0.244 e. The summed E-state index contributed by atoms with van der Waals surface area (Å²) in [6.45, 7) is 0.147. The lowest BCUT2D eigenvalue weighted by Crippen LogP contribution is -2.50. The van der Waals surface area contributed by atoms with Crippen molar-refractivity contribution in [3.05, 3.63) is 90.0 Å². The Hall–Kier alpha value is -3.16. The topological polar surface area (TPSA) is 75.7 Å². The van der Waals surface area contributed by atoms with E-state index >= 15 is 0 Å². The van der Waals surface area contributed by atoms with Gasteiger partial charge in [0.2, 0.25) is 15.9 Å². The molecule has 6 nitrogen and oxygen atoms in total. The number of rotatable bonds is 5. The number of ether oxygens (including phenoxy) is 1. The van der Waals surface area contributed by atoms with Crippen molar-refractivity contribution >= 4 is 21.6 Å². The Morgan fingerprint density at radius 2 is 1.57 bits per heavy atom. The molecule has 1 heterocycles. The van der Waals surface area contributed by atoms with Gasteiger partial charge in [0.05, 0.1) is 12.0 Å². The summed E-state index contributed by atoms with van der Waals surface area (Å²) in [6.07, 6.45) is 0.310. The molecule has 1 aliphatic rings. The molecule has 0 spiro atoms. The highest BCUT2D eigenvalue weighted by molar-refractivity contribution is 7.89. The third-order valence-corrected chi connectivity index (χ3v) is 7.08. The maximum atomic E-state index is 13.4. The Morgan fingerprint density at radius 3 is 2.23 bits per heavy atom. The van der Waals surface area contributed by atoms with Crippen molar-refractivity contribution in [2.24, 2.45) is 0 Å². The van der Waals surface area contributed by atoms with E-state index in [9.17, 15) is 13.2 Å². The van der Waals surface area contributed by atoms with E-state index in [4.69, 9.17) is 4.74 Å². The van der Waals surface area contributed by atoms with E-state index in [1.54, 1.807) is 61.7 Å². The lowest BCUT2D eigenvalue weighted by atomic mass is 9.95. The summed E-state index contributed by atoms with van der Waals surface area (Å²) in [5.41, 5.74) is 2.47. The van der Waals surface area contributed by atoms with Gasteiger partial charge < -0.3 is 10.1 Å². The summed E-state index contributed by atoms with van der Waals surface area (Å²) in [5.74, 6) is 0.307. The SMILES string of the molecule is COc1ccc(NC(=O)[C@@H]2Cc3ccccc3CN2S(=O)(=O)c2ccccc2)cc1. The normalized spacial score (nSPS) is 16.5. The molecule has 0 saturated carbocycles. The van der Waals surface area contributed by atoms with Crippen LogP contribution in [-0.2, 0) is 27.8 Å². The summed E-state index contributed by atoms with van der Waals surface area (Å²) in [4.78, 5) is 13.3. The highest BCUT2D eigenvalue weighted by Gasteiger charge is 2.39. The van der Waals surface area contributed by atoms with Crippen LogP contribution in [0.25, 0.3) is 0 Å². The third-order valence-electron chi connectivity index (χ3n) is 5.22. The molecule has 4 rings (SSSR count). The number of sulfonamides is 1. The number of benzene rings is 3. The predicted octanol–water partition coefficient (Wildman–Crippen LogP) is 3.45. The minimum atomic E-state index is -3.85. The number of anilines is 1. The molecule has 7 heteroatoms. The lowest BCUT2D eigenvalue weighted by molar-refractivity contribution is -0.120. The molecule has 1 aliphatic heterocycles. The van der Waals surface area contributed by atoms with Gasteiger partial charge in [0.1, 0.15) is 11.8 Å². The monoisotopic (exact) mass is 422 g/mol. The van der Waals surface area contributed by atoms with E-state index in [-0.39, 0.29) is 17.3 Å². The van der Waals surface area contributed by atoms with Gasteiger partial charge in [-0.3, -0.25) is 4.79 Å². The van der Waals surface area contributed by atoms with Crippen molar-refractivity contribution in [1.29, 1.82) is 0 Å². The van der Waals surface area contributed by atoms with Gasteiger partial charge in [-0.25, -0.2) is 8.42 Å². The minimum absolute atomic E-state index is 0.147. The second kappa shape index (κ2) is 8.30. The van der Waals surface area contributed by atoms with Crippen LogP contribution in [0.15, 0.2) is 83.8 Å². The number of nitrogens with zero attached hydrogens (tertiary/aromatic N) is 1. The number of carbonyl (C=O) groups excluding carboxylic acids is 1. The average Bonchev–Trinajstić information content (AvgIpc) is 2.79. The molecule has 3 aromatic rings. The average molecular weight is 423 g/mol. The predicted molar refractivity (Wildman–Crippen MR) is 115 cm³/mol. The van der Waals surface area contributed by atoms with Gasteiger partial charge in [-0.2, -0.15) is 4.31 Å². The Bertz CT molecular complexity index is 1150. The third kappa shape index (κ3) is 3.94. The van der Waals surface area contributed by atoms with Crippen LogP contribution >= 0.6 is 0 Å². The zero-order valence-electron chi connectivity index (χ0n) is 16.5. The molecule has 0 saturated heterocycles. The molecular formula is C23H22N2O4S. The van der Waals surface area contributed by atoms with Crippen LogP contribution < -0.4 is 10.1 Å². The number of fused-ring (bicyclic) bond motifs is 1. The van der Waals surface area contributed by atoms with Gasteiger partial charge >= 0.3 is 0 Å². The molecule has 1 atom stereocenters. The fourth-order valence-electron chi connectivity index (χ4n) is 3.60. The first kappa shape index (κ1) is 20.1. The van der Waals surface area contributed by atoms with Crippen molar-refractivity contribution in [3.8, 4) is 5.75 Å². The smallest absolute Gasteiger partial charge is 0.244 e. The van der Waals surface area contributed by atoms with Crippen LogP contribution in [0.5, 0.6) is 5.75 Å². The lowest BCUT2D eigenvalue weighted by Gasteiger charge is -2.35. The van der Waals surface area contributed by atoms with E-state index in [0.29, 0.717) is 17.9 Å². The molecule has 3 aromatic carbocycles. The van der Waals surface area contributed by atoms with Crippen molar-refractivity contribution in [3.63, 3.8) is 0 Å². The van der Waals surface area contributed by atoms with Gasteiger partial charge in [-0.05, 0) is 53.9 Å². The van der Waals surface area contributed by atoms with E-state index in [0.717, 1.165) is 11.1 Å². The maximum absolute atomic E-state index is 13.4. The second-order valence-electron chi connectivity index (χ2n) is 7.07. The number of hydrogen-bond donors (Lipinski definition) is 1. The van der Waals surface area contributed by atoms with E-state index in [1.807, 2.05) is 24.3 Å². The first-order valence-electron chi connectivity index (χ1n) is 9.57. The zero-order chi connectivity index (χ0) is 21.1. The molecule has 154 valence electrons.